The fourth-order valence-electron chi connectivity index (χ4n) is 4.21. The molecule has 6 heteroatoms. The zero-order valence-corrected chi connectivity index (χ0v) is 20.3. The van der Waals surface area contributed by atoms with Crippen molar-refractivity contribution in [3.8, 4) is 0 Å². The van der Waals surface area contributed by atoms with E-state index < -0.39 is 16.4 Å². The van der Waals surface area contributed by atoms with Crippen molar-refractivity contribution in [2.24, 2.45) is 5.41 Å². The molecule has 1 atom stereocenters. The molecule has 5 nitrogen and oxygen atoms in total. The van der Waals surface area contributed by atoms with Crippen LogP contribution < -0.4 is 5.32 Å². The van der Waals surface area contributed by atoms with E-state index in [1.807, 2.05) is 38.1 Å². The van der Waals surface area contributed by atoms with Gasteiger partial charge in [0, 0.05) is 24.7 Å². The maximum atomic E-state index is 13.3. The monoisotopic (exact) mass is 461 g/mol. The molecule has 2 aromatic carbocycles. The summed E-state index contributed by atoms with van der Waals surface area (Å²) in [5.41, 5.74) is 4.72. The summed E-state index contributed by atoms with van der Waals surface area (Å²) in [4.78, 5) is 17.9. The summed E-state index contributed by atoms with van der Waals surface area (Å²) in [7, 11) is -1.17. The van der Waals surface area contributed by atoms with Gasteiger partial charge in [0.15, 0.2) is 0 Å². The predicted octanol–water partition coefficient (Wildman–Crippen LogP) is 5.07. The number of hydrogen-bond acceptors (Lipinski definition) is 3. The quantitative estimate of drug-likeness (QED) is 0.558. The summed E-state index contributed by atoms with van der Waals surface area (Å²) in [6.07, 6.45) is 5.89. The molecule has 1 aliphatic heterocycles. The van der Waals surface area contributed by atoms with Gasteiger partial charge in [0.25, 0.3) is 0 Å². The molecule has 33 heavy (non-hydrogen) atoms. The van der Waals surface area contributed by atoms with Gasteiger partial charge in [-0.15, -0.1) is 0 Å². The Hall–Kier alpha value is -2.83. The van der Waals surface area contributed by atoms with Crippen molar-refractivity contribution in [1.82, 2.24) is 9.29 Å². The number of anilines is 1. The van der Waals surface area contributed by atoms with Crippen LogP contribution in [0, 0.1) is 12.3 Å². The van der Waals surface area contributed by atoms with Crippen LogP contribution in [0.1, 0.15) is 42.5 Å². The van der Waals surface area contributed by atoms with Crippen LogP contribution in [-0.4, -0.2) is 26.0 Å². The van der Waals surface area contributed by atoms with Crippen LogP contribution in [-0.2, 0) is 35.2 Å². The van der Waals surface area contributed by atoms with Gasteiger partial charge in [-0.05, 0) is 66.6 Å². The van der Waals surface area contributed by atoms with E-state index in [0.29, 0.717) is 18.7 Å². The molecule has 0 fully saturated rings. The number of hydrogen-bond donors (Lipinski definition) is 1. The number of benzene rings is 2. The van der Waals surface area contributed by atoms with Crippen molar-refractivity contribution in [1.29, 1.82) is 0 Å². The highest BCUT2D eigenvalue weighted by molar-refractivity contribution is 7.82. The summed E-state index contributed by atoms with van der Waals surface area (Å²) < 4.78 is 15.4. The Bertz CT molecular complexity index is 1160. The Kier molecular flexibility index (Phi) is 7.05. The number of aromatic nitrogens is 1. The van der Waals surface area contributed by atoms with Gasteiger partial charge in [-0.1, -0.05) is 50.2 Å². The highest BCUT2D eigenvalue weighted by atomic mass is 32.2. The van der Waals surface area contributed by atoms with Crippen molar-refractivity contribution in [3.05, 3.63) is 89.2 Å². The van der Waals surface area contributed by atoms with E-state index in [2.05, 4.69) is 45.8 Å². The third kappa shape index (κ3) is 5.57. The minimum atomic E-state index is -1.17. The van der Waals surface area contributed by atoms with Crippen molar-refractivity contribution >= 4 is 22.6 Å². The fraction of sp³-hybridized carbons (Fsp3) is 0.333. The molecule has 172 valence electrons. The molecule has 1 aliphatic rings. The molecule has 0 aliphatic carbocycles. The second kappa shape index (κ2) is 9.98. The molecular formula is C27H31N3O2S. The minimum Gasteiger partial charge on any atom is -0.324 e. The number of fused-ring (bicyclic) bond motifs is 1. The molecule has 0 radical (unpaired) electrons. The first-order chi connectivity index (χ1) is 15.8. The molecule has 0 bridgehead atoms. The smallest absolute Gasteiger partial charge is 0.230 e. The molecule has 1 unspecified atom stereocenters. The zero-order chi connectivity index (χ0) is 23.4. The van der Waals surface area contributed by atoms with Gasteiger partial charge in [-0.25, -0.2) is 8.51 Å². The van der Waals surface area contributed by atoms with Crippen LogP contribution in [0.25, 0.3) is 0 Å². The molecule has 3 aromatic rings. The Morgan fingerprint density at radius 2 is 1.97 bits per heavy atom. The van der Waals surface area contributed by atoms with E-state index in [9.17, 15) is 9.00 Å². The number of pyridine rings is 1. The van der Waals surface area contributed by atoms with Gasteiger partial charge < -0.3 is 5.32 Å². The Balaban J connectivity index is 1.50. The first kappa shape index (κ1) is 23.3. The predicted molar refractivity (Wildman–Crippen MR) is 133 cm³/mol. The molecular weight excluding hydrogens is 430 g/mol. The van der Waals surface area contributed by atoms with E-state index >= 15 is 0 Å². The normalized spacial score (nSPS) is 16.6. The standard InChI is InChI=1S/C27H31N3O2S/c1-20-12-13-21(17-27(2,3)26(31)29-24-10-6-14-28-18-24)16-23(20)19-30-15-7-9-22-8-4-5-11-25(22)33(30)32/h4-6,8,10-14,16,18H,7,9,15,17,19H2,1-3H3,(H,29,31). The fourth-order valence-corrected chi connectivity index (χ4v) is 5.63. The molecule has 4 rings (SSSR count). The molecule has 1 N–H and O–H groups in total. The van der Waals surface area contributed by atoms with Gasteiger partial charge in [-0.2, -0.15) is 0 Å². The van der Waals surface area contributed by atoms with Crippen LogP contribution in [0.15, 0.2) is 71.9 Å². The van der Waals surface area contributed by atoms with E-state index in [0.717, 1.165) is 35.4 Å². The van der Waals surface area contributed by atoms with E-state index in [1.165, 1.54) is 11.1 Å². The van der Waals surface area contributed by atoms with Gasteiger partial charge in [0.05, 0.1) is 16.8 Å². The first-order valence-corrected chi connectivity index (χ1v) is 12.5. The topological polar surface area (TPSA) is 62.3 Å². The molecule has 0 saturated carbocycles. The Labute approximate surface area is 198 Å². The van der Waals surface area contributed by atoms with Crippen LogP contribution in [0.4, 0.5) is 5.69 Å². The number of nitrogens with zero attached hydrogens (tertiary/aromatic N) is 2. The lowest BCUT2D eigenvalue weighted by Gasteiger charge is -2.25. The summed E-state index contributed by atoms with van der Waals surface area (Å²) in [6, 6.07) is 18.1. The number of rotatable bonds is 6. The first-order valence-electron chi connectivity index (χ1n) is 11.4. The van der Waals surface area contributed by atoms with Crippen LogP contribution >= 0.6 is 0 Å². The number of carbonyl (C=O) groups is 1. The summed E-state index contributed by atoms with van der Waals surface area (Å²) in [5.74, 6) is -0.0390. The number of amides is 1. The van der Waals surface area contributed by atoms with Gasteiger partial charge in [-0.3, -0.25) is 9.78 Å². The second-order valence-corrected chi connectivity index (χ2v) is 10.8. The van der Waals surface area contributed by atoms with E-state index in [-0.39, 0.29) is 5.91 Å². The average Bonchev–Trinajstić information content (AvgIpc) is 2.95. The van der Waals surface area contributed by atoms with E-state index in [4.69, 9.17) is 0 Å². The SMILES string of the molecule is Cc1ccc(CC(C)(C)C(=O)Nc2cccnc2)cc1CN1CCCc2ccccc2S1=O. The van der Waals surface area contributed by atoms with Crippen LogP contribution in [0.2, 0.25) is 0 Å². The lowest BCUT2D eigenvalue weighted by Crippen LogP contribution is -2.33. The molecule has 1 aromatic heterocycles. The number of aryl methyl sites for hydroxylation is 2. The van der Waals surface area contributed by atoms with Crippen molar-refractivity contribution in [2.45, 2.75) is 51.5 Å². The van der Waals surface area contributed by atoms with Gasteiger partial charge in [0.1, 0.15) is 11.0 Å². The third-order valence-electron chi connectivity index (χ3n) is 6.19. The lowest BCUT2D eigenvalue weighted by atomic mass is 9.84. The average molecular weight is 462 g/mol. The summed E-state index contributed by atoms with van der Waals surface area (Å²) in [5, 5.41) is 2.97. The number of nitrogens with one attached hydrogen (secondary N) is 1. The van der Waals surface area contributed by atoms with Crippen LogP contribution in [0.5, 0.6) is 0 Å². The van der Waals surface area contributed by atoms with Crippen molar-refractivity contribution in [2.75, 3.05) is 11.9 Å². The Morgan fingerprint density at radius 3 is 2.76 bits per heavy atom. The highest BCUT2D eigenvalue weighted by Crippen LogP contribution is 2.28. The van der Waals surface area contributed by atoms with Crippen molar-refractivity contribution < 1.29 is 9.00 Å². The number of carbonyl (C=O) groups excluding carboxylic acids is 1. The molecule has 0 spiro atoms. The third-order valence-corrected chi connectivity index (χ3v) is 7.74. The largest absolute Gasteiger partial charge is 0.324 e. The highest BCUT2D eigenvalue weighted by Gasteiger charge is 2.29. The van der Waals surface area contributed by atoms with Gasteiger partial charge >= 0.3 is 0 Å². The van der Waals surface area contributed by atoms with Gasteiger partial charge in [0.2, 0.25) is 5.91 Å². The molecule has 0 saturated heterocycles. The Morgan fingerprint density at radius 1 is 1.15 bits per heavy atom. The second-order valence-electron chi connectivity index (χ2n) is 9.34. The maximum Gasteiger partial charge on any atom is 0.230 e. The minimum absolute atomic E-state index is 0.0390. The van der Waals surface area contributed by atoms with E-state index in [1.54, 1.807) is 18.5 Å². The lowest BCUT2D eigenvalue weighted by molar-refractivity contribution is -0.123. The van der Waals surface area contributed by atoms with Crippen LogP contribution in [0.3, 0.4) is 0 Å². The zero-order valence-electron chi connectivity index (χ0n) is 19.5. The molecule has 2 heterocycles. The molecule has 1 amide bonds. The summed E-state index contributed by atoms with van der Waals surface area (Å²) in [6.45, 7) is 7.43. The maximum absolute atomic E-state index is 13.3. The summed E-state index contributed by atoms with van der Waals surface area (Å²) >= 11 is 0. The van der Waals surface area contributed by atoms with Crippen molar-refractivity contribution in [3.63, 3.8) is 0 Å².